The van der Waals surface area contributed by atoms with E-state index in [1.54, 1.807) is 0 Å². The number of para-hydroxylation sites is 1. The van der Waals surface area contributed by atoms with Crippen molar-refractivity contribution in [1.82, 2.24) is 5.32 Å². The first-order valence-corrected chi connectivity index (χ1v) is 8.13. The number of rotatable bonds is 6. The van der Waals surface area contributed by atoms with Crippen LogP contribution in [0.3, 0.4) is 0 Å². The van der Waals surface area contributed by atoms with Crippen molar-refractivity contribution < 1.29 is 4.79 Å². The average molecular weight is 310 g/mol. The van der Waals surface area contributed by atoms with E-state index < -0.39 is 0 Å². The molecule has 0 atom stereocenters. The van der Waals surface area contributed by atoms with Gasteiger partial charge in [0.05, 0.1) is 6.54 Å². The van der Waals surface area contributed by atoms with Crippen LogP contribution in [0.25, 0.3) is 0 Å². The number of hydrogen-bond donors (Lipinski definition) is 2. The van der Waals surface area contributed by atoms with E-state index in [0.717, 1.165) is 11.3 Å². The molecule has 0 heterocycles. The summed E-state index contributed by atoms with van der Waals surface area (Å²) in [6, 6.07) is 14.5. The highest BCUT2D eigenvalue weighted by Crippen LogP contribution is 2.27. The zero-order valence-electron chi connectivity index (χ0n) is 14.4. The predicted molar refractivity (Wildman–Crippen MR) is 96.8 cm³/mol. The van der Waals surface area contributed by atoms with Crippen LogP contribution in [0.15, 0.2) is 42.5 Å². The van der Waals surface area contributed by atoms with Crippen LogP contribution in [0.4, 0.5) is 5.69 Å². The van der Waals surface area contributed by atoms with Gasteiger partial charge in [-0.05, 0) is 36.5 Å². The topological polar surface area (TPSA) is 41.1 Å². The van der Waals surface area contributed by atoms with Crippen molar-refractivity contribution in [3.05, 3.63) is 64.7 Å². The first kappa shape index (κ1) is 17.2. The average Bonchev–Trinajstić information content (AvgIpc) is 2.51. The van der Waals surface area contributed by atoms with Crippen LogP contribution in [0.1, 0.15) is 42.0 Å². The Bertz CT molecular complexity index is 660. The largest absolute Gasteiger partial charge is 0.324 e. The number of aryl methyl sites for hydroxylation is 2. The number of carbonyl (C=O) groups is 1. The van der Waals surface area contributed by atoms with Crippen LogP contribution in [0.5, 0.6) is 0 Å². The monoisotopic (exact) mass is 310 g/mol. The van der Waals surface area contributed by atoms with Crippen molar-refractivity contribution in [2.24, 2.45) is 0 Å². The van der Waals surface area contributed by atoms with Crippen LogP contribution in [-0.4, -0.2) is 12.5 Å². The van der Waals surface area contributed by atoms with Gasteiger partial charge >= 0.3 is 0 Å². The molecule has 3 heteroatoms. The van der Waals surface area contributed by atoms with E-state index in [2.05, 4.69) is 61.7 Å². The first-order valence-electron chi connectivity index (χ1n) is 8.13. The van der Waals surface area contributed by atoms with Crippen LogP contribution in [-0.2, 0) is 11.3 Å². The SMILES string of the molecule is Cc1ccc(CNCC(=O)Nc2c(C)cccc2C(C)C)cc1. The lowest BCUT2D eigenvalue weighted by Crippen LogP contribution is -2.28. The molecule has 3 nitrogen and oxygen atoms in total. The molecule has 0 bridgehead atoms. The predicted octanol–water partition coefficient (Wildman–Crippen LogP) is 4.16. The highest BCUT2D eigenvalue weighted by molar-refractivity contribution is 5.93. The van der Waals surface area contributed by atoms with E-state index in [9.17, 15) is 4.79 Å². The minimum absolute atomic E-state index is 0.00619. The Hall–Kier alpha value is -2.13. The fourth-order valence-corrected chi connectivity index (χ4v) is 2.55. The van der Waals surface area contributed by atoms with E-state index in [1.165, 1.54) is 16.7 Å². The fraction of sp³-hybridized carbons (Fsp3) is 0.350. The van der Waals surface area contributed by atoms with Gasteiger partial charge in [0.2, 0.25) is 5.91 Å². The van der Waals surface area contributed by atoms with Gasteiger partial charge in [-0.1, -0.05) is 61.9 Å². The minimum Gasteiger partial charge on any atom is -0.324 e. The summed E-state index contributed by atoms with van der Waals surface area (Å²) in [5.74, 6) is 0.374. The minimum atomic E-state index is -0.00619. The van der Waals surface area contributed by atoms with Gasteiger partial charge in [0.1, 0.15) is 0 Å². The third-order valence-electron chi connectivity index (χ3n) is 3.93. The Morgan fingerprint density at radius 1 is 1.04 bits per heavy atom. The molecular weight excluding hydrogens is 284 g/mol. The summed E-state index contributed by atoms with van der Waals surface area (Å²) in [6.07, 6.45) is 0. The number of amides is 1. The van der Waals surface area contributed by atoms with Gasteiger partial charge < -0.3 is 10.6 Å². The lowest BCUT2D eigenvalue weighted by Gasteiger charge is -2.16. The van der Waals surface area contributed by atoms with E-state index >= 15 is 0 Å². The summed E-state index contributed by atoms with van der Waals surface area (Å²) in [6.45, 7) is 9.37. The molecule has 0 fully saturated rings. The summed E-state index contributed by atoms with van der Waals surface area (Å²) in [5.41, 5.74) is 5.65. The molecule has 2 N–H and O–H groups in total. The van der Waals surface area contributed by atoms with Crippen LogP contribution < -0.4 is 10.6 Å². The van der Waals surface area contributed by atoms with Gasteiger partial charge in [-0.2, -0.15) is 0 Å². The Morgan fingerprint density at radius 3 is 2.39 bits per heavy atom. The maximum absolute atomic E-state index is 12.2. The standard InChI is InChI=1S/C20H26N2O/c1-14(2)18-7-5-6-16(4)20(18)22-19(23)13-21-12-17-10-8-15(3)9-11-17/h5-11,14,21H,12-13H2,1-4H3,(H,22,23). The third-order valence-corrected chi connectivity index (χ3v) is 3.93. The van der Waals surface area contributed by atoms with Crippen LogP contribution >= 0.6 is 0 Å². The molecule has 2 aromatic rings. The summed E-state index contributed by atoms with van der Waals surface area (Å²) >= 11 is 0. The third kappa shape index (κ3) is 4.93. The van der Waals surface area contributed by atoms with E-state index in [-0.39, 0.29) is 5.91 Å². The lowest BCUT2D eigenvalue weighted by atomic mass is 9.98. The quantitative estimate of drug-likeness (QED) is 0.841. The van der Waals surface area contributed by atoms with Crippen LogP contribution in [0.2, 0.25) is 0 Å². The van der Waals surface area contributed by atoms with Gasteiger partial charge in [0, 0.05) is 12.2 Å². The van der Waals surface area contributed by atoms with E-state index in [1.807, 2.05) is 19.1 Å². The molecule has 0 saturated heterocycles. The highest BCUT2D eigenvalue weighted by Gasteiger charge is 2.11. The molecule has 0 aliphatic rings. The lowest BCUT2D eigenvalue weighted by molar-refractivity contribution is -0.115. The second-order valence-electron chi connectivity index (χ2n) is 6.33. The maximum atomic E-state index is 12.2. The fourth-order valence-electron chi connectivity index (χ4n) is 2.55. The number of hydrogen-bond acceptors (Lipinski definition) is 2. The van der Waals surface area contributed by atoms with E-state index in [0.29, 0.717) is 19.0 Å². The summed E-state index contributed by atoms with van der Waals surface area (Å²) in [5, 5.41) is 6.25. The molecular formula is C20H26N2O. The molecule has 2 rings (SSSR count). The number of anilines is 1. The molecule has 1 amide bonds. The molecule has 23 heavy (non-hydrogen) atoms. The number of carbonyl (C=O) groups excluding carboxylic acids is 1. The summed E-state index contributed by atoms with van der Waals surface area (Å²) < 4.78 is 0. The van der Waals surface area contributed by atoms with Gasteiger partial charge in [-0.3, -0.25) is 4.79 Å². The zero-order chi connectivity index (χ0) is 16.8. The number of nitrogens with one attached hydrogen (secondary N) is 2. The highest BCUT2D eigenvalue weighted by atomic mass is 16.1. The first-order chi connectivity index (χ1) is 11.0. The zero-order valence-corrected chi connectivity index (χ0v) is 14.4. The smallest absolute Gasteiger partial charge is 0.238 e. The Labute approximate surface area is 139 Å². The van der Waals surface area contributed by atoms with Crippen molar-refractivity contribution in [1.29, 1.82) is 0 Å². The molecule has 0 aliphatic carbocycles. The molecule has 0 unspecified atom stereocenters. The van der Waals surface area contributed by atoms with Crippen molar-refractivity contribution in [3.63, 3.8) is 0 Å². The van der Waals surface area contributed by atoms with Crippen molar-refractivity contribution in [3.8, 4) is 0 Å². The summed E-state index contributed by atoms with van der Waals surface area (Å²) in [7, 11) is 0. The van der Waals surface area contributed by atoms with Crippen molar-refractivity contribution in [2.45, 2.75) is 40.2 Å². The van der Waals surface area contributed by atoms with Crippen molar-refractivity contribution in [2.75, 3.05) is 11.9 Å². The molecule has 0 spiro atoms. The number of benzene rings is 2. The van der Waals surface area contributed by atoms with Gasteiger partial charge in [-0.25, -0.2) is 0 Å². The van der Waals surface area contributed by atoms with E-state index in [4.69, 9.17) is 0 Å². The van der Waals surface area contributed by atoms with Gasteiger partial charge in [-0.15, -0.1) is 0 Å². The molecule has 0 radical (unpaired) electrons. The Balaban J connectivity index is 1.91. The Kier molecular flexibility index (Phi) is 5.94. The second kappa shape index (κ2) is 7.93. The molecule has 0 saturated carbocycles. The normalized spacial score (nSPS) is 10.8. The van der Waals surface area contributed by atoms with Crippen LogP contribution in [0, 0.1) is 13.8 Å². The molecule has 0 aromatic heterocycles. The molecule has 0 aliphatic heterocycles. The molecule has 122 valence electrons. The van der Waals surface area contributed by atoms with Gasteiger partial charge in [0.25, 0.3) is 0 Å². The van der Waals surface area contributed by atoms with Crippen molar-refractivity contribution >= 4 is 11.6 Å². The maximum Gasteiger partial charge on any atom is 0.238 e. The second-order valence-corrected chi connectivity index (χ2v) is 6.33. The van der Waals surface area contributed by atoms with Gasteiger partial charge in [0.15, 0.2) is 0 Å². The Morgan fingerprint density at radius 2 is 1.74 bits per heavy atom. The molecule has 2 aromatic carbocycles. The summed E-state index contributed by atoms with van der Waals surface area (Å²) in [4.78, 5) is 12.2.